The first-order valence-corrected chi connectivity index (χ1v) is 13.0. The van der Waals surface area contributed by atoms with Gasteiger partial charge in [0.05, 0.1) is 24.0 Å². The second-order valence-corrected chi connectivity index (χ2v) is 11.1. The highest BCUT2D eigenvalue weighted by Crippen LogP contribution is 2.52. The first-order chi connectivity index (χ1) is 17.0. The summed E-state index contributed by atoms with van der Waals surface area (Å²) in [4.78, 5) is 31.5. The predicted molar refractivity (Wildman–Crippen MR) is 134 cm³/mol. The molecule has 0 radical (unpaired) electrons. The highest BCUT2D eigenvalue weighted by atomic mass is 16.5. The van der Waals surface area contributed by atoms with Crippen LogP contribution in [-0.2, 0) is 27.4 Å². The van der Waals surface area contributed by atoms with E-state index in [1.54, 1.807) is 0 Å². The van der Waals surface area contributed by atoms with E-state index in [2.05, 4.69) is 48.7 Å². The molecule has 35 heavy (non-hydrogen) atoms. The number of benzene rings is 2. The molecule has 6 rings (SSSR count). The molecule has 0 spiro atoms. The molecule has 2 aromatic carbocycles. The van der Waals surface area contributed by atoms with Crippen LogP contribution in [0, 0.1) is 11.8 Å². The van der Waals surface area contributed by atoms with Gasteiger partial charge in [-0.1, -0.05) is 73.2 Å². The number of nitrogens with zero attached hydrogens (tertiary/aromatic N) is 2. The lowest BCUT2D eigenvalue weighted by Gasteiger charge is -2.37. The van der Waals surface area contributed by atoms with Crippen LogP contribution in [0.4, 0.5) is 0 Å². The highest BCUT2D eigenvalue weighted by molar-refractivity contribution is 6.06. The van der Waals surface area contributed by atoms with E-state index < -0.39 is 0 Å². The summed E-state index contributed by atoms with van der Waals surface area (Å²) in [6.07, 6.45) is 4.68. The van der Waals surface area contributed by atoms with Crippen molar-refractivity contribution >= 4 is 11.8 Å². The molecule has 182 valence electrons. The second kappa shape index (κ2) is 8.72. The topological polar surface area (TPSA) is 49.9 Å². The minimum absolute atomic E-state index is 0.00320. The summed E-state index contributed by atoms with van der Waals surface area (Å²) in [6.45, 7) is 8.25. The third-order valence-electron chi connectivity index (χ3n) is 8.60. The van der Waals surface area contributed by atoms with Crippen LogP contribution in [0.3, 0.4) is 0 Å². The molecule has 0 unspecified atom stereocenters. The average molecular weight is 471 g/mol. The Morgan fingerprint density at radius 2 is 1.71 bits per heavy atom. The van der Waals surface area contributed by atoms with E-state index in [9.17, 15) is 9.59 Å². The lowest BCUT2D eigenvalue weighted by molar-refractivity contribution is -0.141. The van der Waals surface area contributed by atoms with Crippen molar-refractivity contribution in [1.29, 1.82) is 0 Å². The van der Waals surface area contributed by atoms with Gasteiger partial charge in [-0.3, -0.25) is 19.4 Å². The first-order valence-electron chi connectivity index (χ1n) is 13.0. The van der Waals surface area contributed by atoms with Gasteiger partial charge in [-0.05, 0) is 49.4 Å². The standard InChI is InChI=1S/C30H34N2O3/c1-20(16-30(2)17-22-12-6-7-13-23(22)19-35-30)18-32-28(33)25-24-14-8-9-15-31(24)27(26(25)29(32)34)21-10-4-3-5-11-21/h3-7,10-13,24-27H,1,8-9,14-19H2,2H3/t24-,25+,26+,27-,30+/m1/s1. The van der Waals surface area contributed by atoms with Crippen molar-refractivity contribution in [3.05, 3.63) is 83.4 Å². The molecule has 3 fully saturated rings. The lowest BCUT2D eigenvalue weighted by Crippen LogP contribution is -2.45. The van der Waals surface area contributed by atoms with Crippen molar-refractivity contribution < 1.29 is 14.3 Å². The zero-order valence-corrected chi connectivity index (χ0v) is 20.5. The molecular weight excluding hydrogens is 436 g/mol. The number of hydrogen-bond donors (Lipinski definition) is 0. The molecule has 4 heterocycles. The molecule has 5 nitrogen and oxygen atoms in total. The lowest BCUT2D eigenvalue weighted by atomic mass is 9.85. The first kappa shape index (κ1) is 22.7. The molecule has 0 bridgehead atoms. The molecule has 5 heteroatoms. The number of amides is 2. The van der Waals surface area contributed by atoms with Crippen molar-refractivity contribution in [2.24, 2.45) is 11.8 Å². The van der Waals surface area contributed by atoms with Gasteiger partial charge in [-0.2, -0.15) is 0 Å². The fourth-order valence-electron chi connectivity index (χ4n) is 7.13. The molecule has 0 aromatic heterocycles. The minimum Gasteiger partial charge on any atom is -0.370 e. The number of carbonyl (C=O) groups excluding carboxylic acids is 2. The second-order valence-electron chi connectivity index (χ2n) is 11.1. The Bertz CT molecular complexity index is 1160. The molecule has 2 amide bonds. The number of piperidine rings is 1. The van der Waals surface area contributed by atoms with E-state index >= 15 is 0 Å². The van der Waals surface area contributed by atoms with Gasteiger partial charge in [0.25, 0.3) is 0 Å². The third-order valence-corrected chi connectivity index (χ3v) is 8.60. The van der Waals surface area contributed by atoms with Crippen molar-refractivity contribution in [3.8, 4) is 0 Å². The average Bonchev–Trinajstić information content (AvgIpc) is 3.32. The fourth-order valence-corrected chi connectivity index (χ4v) is 7.13. The van der Waals surface area contributed by atoms with E-state index in [1.165, 1.54) is 16.0 Å². The molecule has 0 N–H and O–H groups in total. The van der Waals surface area contributed by atoms with Gasteiger partial charge < -0.3 is 4.74 Å². The van der Waals surface area contributed by atoms with Crippen molar-refractivity contribution in [3.63, 3.8) is 0 Å². The highest BCUT2D eigenvalue weighted by Gasteiger charge is 2.62. The van der Waals surface area contributed by atoms with Crippen LogP contribution in [0.25, 0.3) is 0 Å². The molecule has 4 aliphatic rings. The summed E-state index contributed by atoms with van der Waals surface area (Å²) in [5.41, 5.74) is 4.19. The Morgan fingerprint density at radius 1 is 1.00 bits per heavy atom. The van der Waals surface area contributed by atoms with Crippen LogP contribution < -0.4 is 0 Å². The SMILES string of the molecule is C=C(CN1C(=O)[C@@H]2[C@H](C1=O)[C@@H](c1ccccc1)N1CCCC[C@H]21)C[C@@]1(C)Cc2ccccc2CO1. The number of fused-ring (bicyclic) bond motifs is 4. The Morgan fingerprint density at radius 3 is 2.51 bits per heavy atom. The molecule has 0 saturated carbocycles. The van der Waals surface area contributed by atoms with Crippen molar-refractivity contribution in [2.45, 2.75) is 63.3 Å². The zero-order valence-electron chi connectivity index (χ0n) is 20.5. The maximum atomic E-state index is 13.8. The van der Waals surface area contributed by atoms with Gasteiger partial charge in [-0.25, -0.2) is 0 Å². The van der Waals surface area contributed by atoms with E-state index in [4.69, 9.17) is 4.74 Å². The molecule has 3 saturated heterocycles. The van der Waals surface area contributed by atoms with Gasteiger partial charge >= 0.3 is 0 Å². The number of hydrogen-bond acceptors (Lipinski definition) is 4. The summed E-state index contributed by atoms with van der Waals surface area (Å²) < 4.78 is 6.25. The van der Waals surface area contributed by atoms with Crippen LogP contribution in [0.2, 0.25) is 0 Å². The quantitative estimate of drug-likeness (QED) is 0.471. The summed E-state index contributed by atoms with van der Waals surface area (Å²) in [7, 11) is 0. The molecular formula is C30H34N2O3. The van der Waals surface area contributed by atoms with Gasteiger partial charge in [-0.15, -0.1) is 0 Å². The predicted octanol–water partition coefficient (Wildman–Crippen LogP) is 4.67. The summed E-state index contributed by atoms with van der Waals surface area (Å²) in [5.74, 6) is -0.565. The monoisotopic (exact) mass is 470 g/mol. The number of likely N-dealkylation sites (tertiary alicyclic amines) is 1. The number of carbonyl (C=O) groups is 2. The Hall–Kier alpha value is -2.76. The van der Waals surface area contributed by atoms with Crippen LogP contribution in [0.1, 0.15) is 55.3 Å². The molecule has 5 atom stereocenters. The zero-order chi connectivity index (χ0) is 24.2. The van der Waals surface area contributed by atoms with Crippen LogP contribution in [0.15, 0.2) is 66.7 Å². The molecule has 2 aromatic rings. The van der Waals surface area contributed by atoms with E-state index in [0.717, 1.165) is 43.4 Å². The van der Waals surface area contributed by atoms with Crippen LogP contribution in [-0.4, -0.2) is 46.3 Å². The number of rotatable bonds is 5. The van der Waals surface area contributed by atoms with E-state index in [-0.39, 0.29) is 41.3 Å². The summed E-state index contributed by atoms with van der Waals surface area (Å²) in [5, 5.41) is 0. The largest absolute Gasteiger partial charge is 0.370 e. The maximum Gasteiger partial charge on any atom is 0.235 e. The van der Waals surface area contributed by atoms with Crippen LogP contribution in [0.5, 0.6) is 0 Å². The van der Waals surface area contributed by atoms with Crippen molar-refractivity contribution in [2.75, 3.05) is 13.1 Å². The van der Waals surface area contributed by atoms with E-state index in [1.807, 2.05) is 24.3 Å². The smallest absolute Gasteiger partial charge is 0.235 e. The van der Waals surface area contributed by atoms with Crippen molar-refractivity contribution in [1.82, 2.24) is 9.80 Å². The van der Waals surface area contributed by atoms with Gasteiger partial charge in [0, 0.05) is 25.0 Å². The number of ether oxygens (including phenoxy) is 1. The third kappa shape index (κ3) is 3.85. The van der Waals surface area contributed by atoms with Gasteiger partial charge in [0.2, 0.25) is 11.8 Å². The number of imide groups is 1. The van der Waals surface area contributed by atoms with Gasteiger partial charge in [0.15, 0.2) is 0 Å². The molecule has 4 aliphatic heterocycles. The Labute approximate surface area is 207 Å². The summed E-state index contributed by atoms with van der Waals surface area (Å²) >= 11 is 0. The van der Waals surface area contributed by atoms with Crippen LogP contribution >= 0.6 is 0 Å². The van der Waals surface area contributed by atoms with Gasteiger partial charge in [0.1, 0.15) is 0 Å². The fraction of sp³-hybridized carbons (Fsp3) is 0.467. The Kier molecular flexibility index (Phi) is 5.65. The summed E-state index contributed by atoms with van der Waals surface area (Å²) in [6, 6.07) is 18.8. The minimum atomic E-state index is -0.375. The van der Waals surface area contributed by atoms with E-state index in [0.29, 0.717) is 19.6 Å². The normalized spacial score (nSPS) is 32.3. The maximum absolute atomic E-state index is 13.8. The Balaban J connectivity index is 1.21. The molecule has 0 aliphatic carbocycles.